The first-order valence-electron chi connectivity index (χ1n) is 2.85. The molecule has 8 heavy (non-hydrogen) atoms. The summed E-state index contributed by atoms with van der Waals surface area (Å²) < 4.78 is 0. The molecule has 1 heterocycles. The summed E-state index contributed by atoms with van der Waals surface area (Å²) in [5, 5.41) is 2.94. The Morgan fingerprint density at radius 3 is 2.38 bits per heavy atom. The highest BCUT2D eigenvalue weighted by Gasteiger charge is 2.26. The largest absolute Gasteiger partial charge is 0.303 e. The maximum Gasteiger partial charge on any atom is 0.156 e. The lowest BCUT2D eigenvalue weighted by Crippen LogP contribution is -2.20. The summed E-state index contributed by atoms with van der Waals surface area (Å²) in [7, 11) is 0. The Balaban J connectivity index is 2.56. The third-order valence-corrected chi connectivity index (χ3v) is 1.69. The first-order chi connectivity index (χ1) is 3.72. The Kier molecular flexibility index (Phi) is 1.34. The van der Waals surface area contributed by atoms with Crippen molar-refractivity contribution >= 4 is 5.78 Å². The summed E-state index contributed by atoms with van der Waals surface area (Å²) in [5.74, 6) is 0.396. The van der Waals surface area contributed by atoms with Crippen molar-refractivity contribution in [1.29, 1.82) is 0 Å². The minimum atomic E-state index is 0.176. The topological polar surface area (TPSA) is 29.1 Å². The van der Waals surface area contributed by atoms with Gasteiger partial charge >= 0.3 is 0 Å². The van der Waals surface area contributed by atoms with Gasteiger partial charge in [0.2, 0.25) is 0 Å². The summed E-state index contributed by atoms with van der Waals surface area (Å²) in [4.78, 5) is 10.7. The Hall–Kier alpha value is -0.370. The van der Waals surface area contributed by atoms with Crippen LogP contribution in [0.2, 0.25) is 0 Å². The second-order valence-corrected chi connectivity index (χ2v) is 2.29. The van der Waals surface area contributed by atoms with E-state index in [1.807, 2.05) is 13.8 Å². The molecule has 1 fully saturated rings. The highest BCUT2D eigenvalue weighted by Crippen LogP contribution is 2.11. The van der Waals surface area contributed by atoms with Gasteiger partial charge in [0.25, 0.3) is 0 Å². The molecule has 1 N–H and O–H groups in total. The standard InChI is InChI=1S/C6H10NO/c1-4-5(2)7-3-6(4)8/h3-5,7H,1-2H3. The highest BCUT2D eigenvalue weighted by atomic mass is 16.1. The summed E-state index contributed by atoms with van der Waals surface area (Å²) in [5.41, 5.74) is 0. The van der Waals surface area contributed by atoms with Crippen molar-refractivity contribution in [3.05, 3.63) is 6.54 Å². The van der Waals surface area contributed by atoms with Crippen LogP contribution in [0.4, 0.5) is 0 Å². The highest BCUT2D eigenvalue weighted by molar-refractivity contribution is 5.91. The predicted octanol–water partition coefficient (Wildman–Crippen LogP) is 0.345. The van der Waals surface area contributed by atoms with Crippen molar-refractivity contribution in [2.45, 2.75) is 19.9 Å². The molecule has 1 rings (SSSR count). The van der Waals surface area contributed by atoms with Gasteiger partial charge in [0.1, 0.15) is 0 Å². The van der Waals surface area contributed by atoms with Crippen molar-refractivity contribution < 1.29 is 4.79 Å². The summed E-state index contributed by atoms with van der Waals surface area (Å²) in [6, 6.07) is 0.336. The number of rotatable bonds is 0. The maximum absolute atomic E-state index is 10.7. The lowest BCUT2D eigenvalue weighted by Gasteiger charge is -2.03. The zero-order valence-electron chi connectivity index (χ0n) is 5.14. The molecule has 2 nitrogen and oxygen atoms in total. The number of ketones is 1. The molecule has 0 aromatic carbocycles. The summed E-state index contributed by atoms with van der Waals surface area (Å²) >= 11 is 0. The fraction of sp³-hybridized carbons (Fsp3) is 0.667. The van der Waals surface area contributed by atoms with Crippen LogP contribution in [0, 0.1) is 12.5 Å². The minimum absolute atomic E-state index is 0.176. The van der Waals surface area contributed by atoms with Crippen LogP contribution in [-0.4, -0.2) is 11.8 Å². The van der Waals surface area contributed by atoms with Crippen LogP contribution in [0.1, 0.15) is 13.8 Å². The Morgan fingerprint density at radius 1 is 1.62 bits per heavy atom. The second-order valence-electron chi connectivity index (χ2n) is 2.29. The SMILES string of the molecule is CC1N[CH]C(=O)C1C. The first kappa shape index (κ1) is 5.76. The number of nitrogens with one attached hydrogen (secondary N) is 1. The third kappa shape index (κ3) is 0.757. The lowest BCUT2D eigenvalue weighted by atomic mass is 10.0. The van der Waals surface area contributed by atoms with E-state index >= 15 is 0 Å². The quantitative estimate of drug-likeness (QED) is 0.489. The van der Waals surface area contributed by atoms with Gasteiger partial charge in [-0.1, -0.05) is 6.92 Å². The van der Waals surface area contributed by atoms with Crippen molar-refractivity contribution in [3.8, 4) is 0 Å². The first-order valence-corrected chi connectivity index (χ1v) is 2.85. The molecule has 1 saturated heterocycles. The van der Waals surface area contributed by atoms with Gasteiger partial charge < -0.3 is 5.32 Å². The average Bonchev–Trinajstić information content (AvgIpc) is 1.98. The number of hydrogen-bond acceptors (Lipinski definition) is 2. The predicted molar refractivity (Wildman–Crippen MR) is 31.1 cm³/mol. The molecule has 1 aliphatic rings. The monoisotopic (exact) mass is 112 g/mol. The molecule has 0 aromatic heterocycles. The summed E-state index contributed by atoms with van der Waals surface area (Å²) in [6.07, 6.45) is 0. The van der Waals surface area contributed by atoms with Gasteiger partial charge in [-0.3, -0.25) is 4.79 Å². The average molecular weight is 112 g/mol. The van der Waals surface area contributed by atoms with E-state index in [2.05, 4.69) is 5.32 Å². The number of Topliss-reactive ketones (excluding diaryl/α,β-unsaturated/α-hetero) is 1. The maximum atomic E-state index is 10.7. The molecule has 0 aliphatic carbocycles. The molecule has 0 saturated carbocycles. The number of hydrogen-bond donors (Lipinski definition) is 1. The van der Waals surface area contributed by atoms with Gasteiger partial charge in [-0.15, -0.1) is 0 Å². The van der Waals surface area contributed by atoms with E-state index in [0.717, 1.165) is 0 Å². The van der Waals surface area contributed by atoms with E-state index in [9.17, 15) is 4.79 Å². The Morgan fingerprint density at radius 2 is 2.25 bits per heavy atom. The van der Waals surface area contributed by atoms with Gasteiger partial charge in [0, 0.05) is 12.0 Å². The van der Waals surface area contributed by atoms with Crippen LogP contribution < -0.4 is 5.32 Å². The fourth-order valence-corrected chi connectivity index (χ4v) is 0.736. The smallest absolute Gasteiger partial charge is 0.156 e. The lowest BCUT2D eigenvalue weighted by molar-refractivity contribution is -0.117. The zero-order valence-corrected chi connectivity index (χ0v) is 5.14. The molecular weight excluding hydrogens is 102 g/mol. The van der Waals surface area contributed by atoms with Gasteiger partial charge in [-0.05, 0) is 6.92 Å². The normalized spacial score (nSPS) is 38.5. The molecule has 45 valence electrons. The van der Waals surface area contributed by atoms with Crippen molar-refractivity contribution in [2.24, 2.45) is 5.92 Å². The molecule has 2 atom stereocenters. The molecule has 2 heteroatoms. The molecule has 0 amide bonds. The Bertz CT molecular complexity index is 111. The minimum Gasteiger partial charge on any atom is -0.303 e. The van der Waals surface area contributed by atoms with Crippen LogP contribution >= 0.6 is 0 Å². The molecule has 1 aliphatic heterocycles. The van der Waals surface area contributed by atoms with Crippen molar-refractivity contribution in [1.82, 2.24) is 5.32 Å². The molecule has 1 radical (unpaired) electrons. The summed E-state index contributed by atoms with van der Waals surface area (Å²) in [6.45, 7) is 5.49. The van der Waals surface area contributed by atoms with Crippen molar-refractivity contribution in [2.75, 3.05) is 0 Å². The van der Waals surface area contributed by atoms with E-state index in [0.29, 0.717) is 6.04 Å². The zero-order chi connectivity index (χ0) is 6.15. The molecule has 0 bridgehead atoms. The van der Waals surface area contributed by atoms with E-state index in [1.165, 1.54) is 0 Å². The van der Waals surface area contributed by atoms with Crippen LogP contribution in [0.25, 0.3) is 0 Å². The van der Waals surface area contributed by atoms with E-state index in [-0.39, 0.29) is 11.7 Å². The molecule has 2 unspecified atom stereocenters. The van der Waals surface area contributed by atoms with Crippen LogP contribution in [-0.2, 0) is 4.79 Å². The third-order valence-electron chi connectivity index (χ3n) is 1.69. The van der Waals surface area contributed by atoms with Crippen LogP contribution in [0.5, 0.6) is 0 Å². The number of carbonyl (C=O) groups is 1. The van der Waals surface area contributed by atoms with Gasteiger partial charge in [-0.2, -0.15) is 0 Å². The molecule has 0 spiro atoms. The molecule has 0 aromatic rings. The van der Waals surface area contributed by atoms with Gasteiger partial charge in [0.05, 0.1) is 6.54 Å². The van der Waals surface area contributed by atoms with E-state index < -0.39 is 0 Å². The second kappa shape index (κ2) is 1.86. The van der Waals surface area contributed by atoms with E-state index in [1.54, 1.807) is 6.54 Å². The van der Waals surface area contributed by atoms with E-state index in [4.69, 9.17) is 0 Å². The van der Waals surface area contributed by atoms with Crippen LogP contribution in [0.15, 0.2) is 0 Å². The van der Waals surface area contributed by atoms with Crippen LogP contribution in [0.3, 0.4) is 0 Å². The number of carbonyl (C=O) groups excluding carboxylic acids is 1. The molecular formula is C6H10NO. The fourth-order valence-electron chi connectivity index (χ4n) is 0.736. The van der Waals surface area contributed by atoms with Crippen molar-refractivity contribution in [3.63, 3.8) is 0 Å². The van der Waals surface area contributed by atoms with Gasteiger partial charge in [-0.25, -0.2) is 0 Å². The van der Waals surface area contributed by atoms with Gasteiger partial charge in [0.15, 0.2) is 5.78 Å². The Labute approximate surface area is 49.3 Å².